The molecule has 1 aromatic carbocycles. The zero-order chi connectivity index (χ0) is 10.7. The van der Waals surface area contributed by atoms with Crippen LogP contribution in [0.2, 0.25) is 0 Å². The zero-order valence-electron chi connectivity index (χ0n) is 8.24. The van der Waals surface area contributed by atoms with Gasteiger partial charge in [-0.15, -0.1) is 0 Å². The molecule has 4 heteroatoms. The summed E-state index contributed by atoms with van der Waals surface area (Å²) in [6.45, 7) is 1.59. The largest absolute Gasteiger partial charge is 0.463 e. The highest BCUT2D eigenvalue weighted by Gasteiger charge is 2.04. The van der Waals surface area contributed by atoms with Crippen molar-refractivity contribution in [1.82, 2.24) is 4.98 Å². The fourth-order valence-corrected chi connectivity index (χ4v) is 1.94. The van der Waals surface area contributed by atoms with E-state index in [0.29, 0.717) is 5.19 Å². The van der Waals surface area contributed by atoms with Gasteiger partial charge in [-0.1, -0.05) is 29.5 Å². The molecule has 0 spiro atoms. The third kappa shape index (κ3) is 2.33. The molecule has 2 nitrogen and oxygen atoms in total. The zero-order valence-corrected chi connectivity index (χ0v) is 9.05. The van der Waals surface area contributed by atoms with Crippen molar-refractivity contribution < 1.29 is 9.13 Å². The van der Waals surface area contributed by atoms with E-state index in [-0.39, 0.29) is 12.4 Å². The van der Waals surface area contributed by atoms with Crippen LogP contribution in [0.3, 0.4) is 0 Å². The van der Waals surface area contributed by atoms with Gasteiger partial charge in [0.15, 0.2) is 0 Å². The number of nitrogens with zero attached hydrogens (tertiary/aromatic N) is 1. The summed E-state index contributed by atoms with van der Waals surface area (Å²) in [4.78, 5) is 4.22. The van der Waals surface area contributed by atoms with E-state index in [0.717, 1.165) is 10.2 Å². The van der Waals surface area contributed by atoms with Crippen molar-refractivity contribution in [2.24, 2.45) is 0 Å². The van der Waals surface area contributed by atoms with Gasteiger partial charge in [0.25, 0.3) is 5.19 Å². The van der Waals surface area contributed by atoms with Gasteiger partial charge in [0.1, 0.15) is 12.4 Å². The summed E-state index contributed by atoms with van der Waals surface area (Å²) in [6, 6.07) is 7.73. The Bertz CT molecular complexity index is 459. The predicted molar refractivity (Wildman–Crippen MR) is 60.0 cm³/mol. The number of fused-ring (bicyclic) bond motifs is 1. The summed E-state index contributed by atoms with van der Waals surface area (Å²) in [7, 11) is 0. The van der Waals surface area contributed by atoms with Gasteiger partial charge in [-0.3, -0.25) is 0 Å². The highest BCUT2D eigenvalue weighted by molar-refractivity contribution is 7.20. The monoisotopic (exact) mass is 223 g/mol. The highest BCUT2D eigenvalue weighted by atomic mass is 32.1. The fourth-order valence-electron chi connectivity index (χ4n) is 1.13. The van der Waals surface area contributed by atoms with Crippen molar-refractivity contribution in [1.29, 1.82) is 0 Å². The number of thiazole rings is 1. The first-order chi connectivity index (χ1) is 7.29. The molecule has 0 aliphatic rings. The van der Waals surface area contributed by atoms with E-state index in [1.807, 2.05) is 24.3 Å². The quantitative estimate of drug-likeness (QED) is 0.793. The second-order valence-corrected chi connectivity index (χ2v) is 3.96. The SMILES string of the molecule is C/C=C(/F)COc1nc2ccccc2s1. The minimum Gasteiger partial charge on any atom is -0.463 e. The molecule has 1 heterocycles. The molecule has 2 aromatic rings. The van der Waals surface area contributed by atoms with Crippen LogP contribution < -0.4 is 4.74 Å². The molecule has 0 N–H and O–H groups in total. The van der Waals surface area contributed by atoms with Crippen molar-refractivity contribution in [3.63, 3.8) is 0 Å². The number of ether oxygens (including phenoxy) is 1. The minimum absolute atomic E-state index is 0.0453. The maximum atomic E-state index is 12.8. The first kappa shape index (κ1) is 10.1. The third-order valence-corrected chi connectivity index (χ3v) is 2.87. The van der Waals surface area contributed by atoms with E-state index < -0.39 is 0 Å². The lowest BCUT2D eigenvalue weighted by Crippen LogP contribution is -1.96. The Morgan fingerprint density at radius 1 is 1.53 bits per heavy atom. The van der Waals surface area contributed by atoms with E-state index >= 15 is 0 Å². The van der Waals surface area contributed by atoms with Gasteiger partial charge in [-0.2, -0.15) is 0 Å². The fraction of sp³-hybridized carbons (Fsp3) is 0.182. The molecule has 2 rings (SSSR count). The lowest BCUT2D eigenvalue weighted by Gasteiger charge is -1.97. The van der Waals surface area contributed by atoms with Crippen molar-refractivity contribution >= 4 is 21.6 Å². The number of rotatable bonds is 3. The summed E-state index contributed by atoms with van der Waals surface area (Å²) in [5.41, 5.74) is 0.887. The summed E-state index contributed by atoms with van der Waals surface area (Å²) in [5.74, 6) is -0.283. The van der Waals surface area contributed by atoms with Crippen molar-refractivity contribution in [3.8, 4) is 5.19 Å². The Kier molecular flexibility index (Phi) is 2.97. The van der Waals surface area contributed by atoms with Crippen molar-refractivity contribution in [2.75, 3.05) is 6.61 Å². The normalized spacial score (nSPS) is 12.0. The Morgan fingerprint density at radius 2 is 2.33 bits per heavy atom. The van der Waals surface area contributed by atoms with Gasteiger partial charge in [0, 0.05) is 0 Å². The molecular weight excluding hydrogens is 213 g/mol. The van der Waals surface area contributed by atoms with Crippen LogP contribution in [0.5, 0.6) is 5.19 Å². The molecule has 0 saturated heterocycles. The maximum absolute atomic E-state index is 12.8. The van der Waals surface area contributed by atoms with Crippen molar-refractivity contribution in [3.05, 3.63) is 36.2 Å². The van der Waals surface area contributed by atoms with E-state index in [9.17, 15) is 4.39 Å². The van der Waals surface area contributed by atoms with Crippen molar-refractivity contribution in [2.45, 2.75) is 6.92 Å². The van der Waals surface area contributed by atoms with E-state index in [1.54, 1.807) is 6.92 Å². The Balaban J connectivity index is 2.15. The second kappa shape index (κ2) is 4.40. The van der Waals surface area contributed by atoms with Gasteiger partial charge >= 0.3 is 0 Å². The number of halogens is 1. The molecule has 0 aliphatic carbocycles. The number of hydrogen-bond donors (Lipinski definition) is 0. The van der Waals surface area contributed by atoms with Gasteiger partial charge in [0.2, 0.25) is 0 Å². The number of para-hydroxylation sites is 1. The molecule has 0 amide bonds. The molecule has 0 atom stereocenters. The molecule has 0 radical (unpaired) electrons. The number of hydrogen-bond acceptors (Lipinski definition) is 3. The molecular formula is C11H10FNOS. The van der Waals surface area contributed by atoms with E-state index in [4.69, 9.17) is 4.74 Å². The third-order valence-electron chi connectivity index (χ3n) is 1.92. The van der Waals surface area contributed by atoms with Gasteiger partial charge < -0.3 is 4.74 Å². The Labute approximate surface area is 91.0 Å². The summed E-state index contributed by atoms with van der Waals surface area (Å²) >= 11 is 1.42. The Morgan fingerprint density at radius 3 is 3.07 bits per heavy atom. The number of benzene rings is 1. The lowest BCUT2D eigenvalue weighted by molar-refractivity contribution is 0.317. The van der Waals surface area contributed by atoms with Crippen LogP contribution in [0.25, 0.3) is 10.2 Å². The number of allylic oxidation sites excluding steroid dienone is 1. The van der Waals surface area contributed by atoms with Crippen LogP contribution >= 0.6 is 11.3 Å². The smallest absolute Gasteiger partial charge is 0.274 e. The average Bonchev–Trinajstić information content (AvgIpc) is 2.68. The van der Waals surface area contributed by atoms with Crippen LogP contribution in [-0.4, -0.2) is 11.6 Å². The van der Waals surface area contributed by atoms with E-state index in [2.05, 4.69) is 4.98 Å². The minimum atomic E-state index is -0.283. The van der Waals surface area contributed by atoms with Crippen LogP contribution in [0, 0.1) is 0 Å². The van der Waals surface area contributed by atoms with Gasteiger partial charge in [-0.25, -0.2) is 9.37 Å². The lowest BCUT2D eigenvalue weighted by atomic mass is 10.3. The second-order valence-electron chi connectivity index (χ2n) is 2.97. The highest BCUT2D eigenvalue weighted by Crippen LogP contribution is 2.27. The van der Waals surface area contributed by atoms with Gasteiger partial charge in [0.05, 0.1) is 10.2 Å². The molecule has 78 valence electrons. The topological polar surface area (TPSA) is 22.1 Å². The Hall–Kier alpha value is -1.42. The molecule has 0 unspecified atom stereocenters. The molecule has 0 saturated carbocycles. The van der Waals surface area contributed by atoms with Crippen LogP contribution in [-0.2, 0) is 0 Å². The van der Waals surface area contributed by atoms with Crippen LogP contribution in [0.4, 0.5) is 4.39 Å². The molecule has 15 heavy (non-hydrogen) atoms. The molecule has 0 bridgehead atoms. The number of aromatic nitrogens is 1. The summed E-state index contributed by atoms with van der Waals surface area (Å²) in [6.07, 6.45) is 1.38. The standard InChI is InChI=1S/C11H10FNOS/c1-2-8(12)7-14-11-13-9-5-3-4-6-10(9)15-11/h2-6H,7H2,1H3/b8-2+. The van der Waals surface area contributed by atoms with Crippen LogP contribution in [0.15, 0.2) is 36.2 Å². The molecule has 0 fully saturated rings. The first-order valence-corrected chi connectivity index (χ1v) is 5.40. The molecule has 1 aromatic heterocycles. The maximum Gasteiger partial charge on any atom is 0.274 e. The molecule has 0 aliphatic heterocycles. The average molecular weight is 223 g/mol. The summed E-state index contributed by atoms with van der Waals surface area (Å²) in [5, 5.41) is 0.508. The van der Waals surface area contributed by atoms with Gasteiger partial charge in [-0.05, 0) is 19.1 Å². The van der Waals surface area contributed by atoms with E-state index in [1.165, 1.54) is 17.4 Å². The van der Waals surface area contributed by atoms with Crippen LogP contribution in [0.1, 0.15) is 6.92 Å². The first-order valence-electron chi connectivity index (χ1n) is 4.58. The summed E-state index contributed by atoms with van der Waals surface area (Å²) < 4.78 is 19.0. The predicted octanol–water partition coefficient (Wildman–Crippen LogP) is 3.55.